The second-order valence-electron chi connectivity index (χ2n) is 5.41. The number of carbonyl (C=O) groups is 1. The molecule has 0 spiro atoms. The third-order valence-corrected chi connectivity index (χ3v) is 4.01. The van der Waals surface area contributed by atoms with Gasteiger partial charge in [0, 0.05) is 35.6 Å². The summed E-state index contributed by atoms with van der Waals surface area (Å²) in [5.41, 5.74) is 4.26. The predicted molar refractivity (Wildman–Crippen MR) is 87.9 cm³/mol. The van der Waals surface area contributed by atoms with E-state index in [2.05, 4.69) is 33.8 Å². The molecule has 0 radical (unpaired) electrons. The van der Waals surface area contributed by atoms with Gasteiger partial charge >= 0.3 is 6.03 Å². The van der Waals surface area contributed by atoms with Gasteiger partial charge in [-0.2, -0.15) is 0 Å². The summed E-state index contributed by atoms with van der Waals surface area (Å²) in [5, 5.41) is 8.01. The van der Waals surface area contributed by atoms with Crippen LogP contribution in [0, 0.1) is 0 Å². The highest BCUT2D eigenvalue weighted by Crippen LogP contribution is 2.31. The second-order valence-corrected chi connectivity index (χ2v) is 5.41. The van der Waals surface area contributed by atoms with Crippen molar-refractivity contribution in [3.63, 3.8) is 0 Å². The fourth-order valence-corrected chi connectivity index (χ4v) is 2.91. The summed E-state index contributed by atoms with van der Waals surface area (Å²) >= 11 is 0. The van der Waals surface area contributed by atoms with Gasteiger partial charge in [-0.05, 0) is 35.1 Å². The van der Waals surface area contributed by atoms with Gasteiger partial charge in [0.25, 0.3) is 0 Å². The molecule has 1 aliphatic rings. The molecule has 0 aliphatic carbocycles. The number of fused-ring (bicyclic) bond motifs is 2. The molecule has 0 atom stereocenters. The molecule has 3 aromatic rings. The van der Waals surface area contributed by atoms with Crippen molar-refractivity contribution in [2.24, 2.45) is 0 Å². The quantitative estimate of drug-likeness (QED) is 0.719. The third-order valence-electron chi connectivity index (χ3n) is 4.01. The van der Waals surface area contributed by atoms with Crippen LogP contribution >= 0.6 is 0 Å². The van der Waals surface area contributed by atoms with Crippen LogP contribution in [0.1, 0.15) is 5.56 Å². The fourth-order valence-electron chi connectivity index (χ4n) is 2.91. The predicted octanol–water partition coefficient (Wildman–Crippen LogP) is 3.58. The van der Waals surface area contributed by atoms with Crippen molar-refractivity contribution >= 4 is 22.5 Å². The topological polar surface area (TPSA) is 54.0 Å². The number of hydrogen-bond donors (Lipinski definition) is 2. The van der Waals surface area contributed by atoms with Crippen molar-refractivity contribution in [2.45, 2.75) is 6.42 Å². The number of carbonyl (C=O) groups excluding carboxylic acids is 1. The lowest BCUT2D eigenvalue weighted by molar-refractivity contribution is 0.252. The van der Waals surface area contributed by atoms with E-state index in [9.17, 15) is 4.79 Å². The van der Waals surface area contributed by atoms with E-state index >= 15 is 0 Å². The summed E-state index contributed by atoms with van der Waals surface area (Å²) in [4.78, 5) is 15.9. The van der Waals surface area contributed by atoms with Gasteiger partial charge in [-0.15, -0.1) is 0 Å². The SMILES string of the molecule is O=C1NCCc2cc(-c3cncc4ccccc34)ccc2N1. The number of nitrogens with zero attached hydrogens (tertiary/aromatic N) is 1. The Hall–Kier alpha value is -2.88. The molecule has 4 nitrogen and oxygen atoms in total. The van der Waals surface area contributed by atoms with E-state index in [0.717, 1.165) is 34.2 Å². The number of benzene rings is 2. The van der Waals surface area contributed by atoms with Gasteiger partial charge < -0.3 is 10.6 Å². The normalized spacial score (nSPS) is 13.9. The molecule has 2 aromatic carbocycles. The van der Waals surface area contributed by atoms with E-state index in [-0.39, 0.29) is 6.03 Å². The summed E-state index contributed by atoms with van der Waals surface area (Å²) in [6.07, 6.45) is 4.60. The second kappa shape index (κ2) is 5.15. The van der Waals surface area contributed by atoms with E-state index in [0.29, 0.717) is 6.54 Å². The minimum atomic E-state index is -0.140. The van der Waals surface area contributed by atoms with Gasteiger partial charge in [0.15, 0.2) is 0 Å². The van der Waals surface area contributed by atoms with Crippen molar-refractivity contribution in [2.75, 3.05) is 11.9 Å². The molecular weight excluding hydrogens is 274 g/mol. The van der Waals surface area contributed by atoms with Gasteiger partial charge in [0.1, 0.15) is 0 Å². The molecule has 0 saturated carbocycles. The molecule has 22 heavy (non-hydrogen) atoms. The molecule has 1 aliphatic heterocycles. The first-order valence-corrected chi connectivity index (χ1v) is 7.32. The van der Waals surface area contributed by atoms with Crippen molar-refractivity contribution in [3.05, 3.63) is 60.4 Å². The zero-order valence-corrected chi connectivity index (χ0v) is 12.0. The Morgan fingerprint density at radius 2 is 1.95 bits per heavy atom. The molecule has 108 valence electrons. The number of nitrogens with one attached hydrogen (secondary N) is 2. The highest BCUT2D eigenvalue weighted by molar-refractivity contribution is 5.97. The minimum Gasteiger partial charge on any atom is -0.338 e. The van der Waals surface area contributed by atoms with Crippen LogP contribution in [-0.2, 0) is 6.42 Å². The van der Waals surface area contributed by atoms with Crippen LogP contribution < -0.4 is 10.6 Å². The van der Waals surface area contributed by atoms with E-state index in [1.807, 2.05) is 36.7 Å². The first-order chi connectivity index (χ1) is 10.8. The average molecular weight is 289 g/mol. The van der Waals surface area contributed by atoms with Gasteiger partial charge in [-0.3, -0.25) is 4.98 Å². The molecule has 4 rings (SSSR count). The molecule has 2 N–H and O–H groups in total. The number of amides is 2. The Balaban J connectivity index is 1.86. The molecule has 0 bridgehead atoms. The van der Waals surface area contributed by atoms with Crippen LogP contribution in [-0.4, -0.2) is 17.6 Å². The van der Waals surface area contributed by atoms with Crippen molar-refractivity contribution in [3.8, 4) is 11.1 Å². The first-order valence-electron chi connectivity index (χ1n) is 7.32. The maximum Gasteiger partial charge on any atom is 0.319 e. The Kier molecular flexibility index (Phi) is 3.00. The van der Waals surface area contributed by atoms with Crippen LogP contribution in [0.3, 0.4) is 0 Å². The Labute approximate surface area is 128 Å². The maximum absolute atomic E-state index is 11.5. The van der Waals surface area contributed by atoms with Gasteiger partial charge in [-0.25, -0.2) is 4.79 Å². The lowest BCUT2D eigenvalue weighted by Crippen LogP contribution is -2.27. The highest BCUT2D eigenvalue weighted by atomic mass is 16.2. The van der Waals surface area contributed by atoms with E-state index in [1.54, 1.807) is 0 Å². The summed E-state index contributed by atoms with van der Waals surface area (Å²) in [6, 6.07) is 14.3. The summed E-state index contributed by atoms with van der Waals surface area (Å²) < 4.78 is 0. The van der Waals surface area contributed by atoms with E-state index in [4.69, 9.17) is 0 Å². The first kappa shape index (κ1) is 12.8. The Morgan fingerprint density at radius 1 is 1.05 bits per heavy atom. The highest BCUT2D eigenvalue weighted by Gasteiger charge is 2.13. The lowest BCUT2D eigenvalue weighted by Gasteiger charge is -2.10. The zero-order chi connectivity index (χ0) is 14.9. The largest absolute Gasteiger partial charge is 0.338 e. The van der Waals surface area contributed by atoms with Gasteiger partial charge in [0.2, 0.25) is 0 Å². The molecule has 0 saturated heterocycles. The molecule has 2 heterocycles. The van der Waals surface area contributed by atoms with Crippen LogP contribution in [0.2, 0.25) is 0 Å². The van der Waals surface area contributed by atoms with E-state index in [1.165, 1.54) is 5.39 Å². The van der Waals surface area contributed by atoms with Crippen molar-refractivity contribution in [1.82, 2.24) is 10.3 Å². The number of urea groups is 1. The van der Waals surface area contributed by atoms with E-state index < -0.39 is 0 Å². The van der Waals surface area contributed by atoms with Crippen molar-refractivity contribution < 1.29 is 4.79 Å². The van der Waals surface area contributed by atoms with Gasteiger partial charge in [0.05, 0.1) is 0 Å². The smallest absolute Gasteiger partial charge is 0.319 e. The minimum absolute atomic E-state index is 0.140. The van der Waals surface area contributed by atoms with Crippen LogP contribution in [0.15, 0.2) is 54.9 Å². The molecule has 0 fully saturated rings. The average Bonchev–Trinajstić information content (AvgIpc) is 2.74. The summed E-state index contributed by atoms with van der Waals surface area (Å²) in [7, 11) is 0. The number of hydrogen-bond acceptors (Lipinski definition) is 2. The Morgan fingerprint density at radius 3 is 2.91 bits per heavy atom. The summed E-state index contributed by atoms with van der Waals surface area (Å²) in [5.74, 6) is 0. The lowest BCUT2D eigenvalue weighted by atomic mass is 9.97. The third kappa shape index (κ3) is 2.19. The number of rotatable bonds is 1. The van der Waals surface area contributed by atoms with Crippen LogP contribution in [0.25, 0.3) is 21.9 Å². The molecular formula is C18H15N3O. The number of anilines is 1. The Bertz CT molecular complexity index is 868. The zero-order valence-electron chi connectivity index (χ0n) is 12.0. The molecule has 2 amide bonds. The standard InChI is InChI=1S/C18H15N3O/c22-18-20-8-7-13-9-12(5-6-17(13)21-18)16-11-19-10-14-3-1-2-4-15(14)16/h1-6,9-11H,7-8H2,(H2,20,21,22). The van der Waals surface area contributed by atoms with Crippen molar-refractivity contribution in [1.29, 1.82) is 0 Å². The molecule has 0 unspecified atom stereocenters. The monoisotopic (exact) mass is 289 g/mol. The number of aromatic nitrogens is 1. The van der Waals surface area contributed by atoms with Gasteiger partial charge in [-0.1, -0.05) is 30.3 Å². The summed E-state index contributed by atoms with van der Waals surface area (Å²) in [6.45, 7) is 0.649. The van der Waals surface area contributed by atoms with Crippen LogP contribution in [0.4, 0.5) is 10.5 Å². The maximum atomic E-state index is 11.5. The fraction of sp³-hybridized carbons (Fsp3) is 0.111. The molecule has 1 aromatic heterocycles. The van der Waals surface area contributed by atoms with Crippen LogP contribution in [0.5, 0.6) is 0 Å². The molecule has 4 heteroatoms. The number of pyridine rings is 1.